The summed E-state index contributed by atoms with van der Waals surface area (Å²) >= 11 is 0. The van der Waals surface area contributed by atoms with Crippen molar-refractivity contribution >= 4 is 17.9 Å². The topological polar surface area (TPSA) is 99.9 Å². The lowest BCUT2D eigenvalue weighted by molar-refractivity contribution is -0.114. The second-order valence-corrected chi connectivity index (χ2v) is 5.32. The Kier molecular flexibility index (Phi) is 4.20. The molecule has 6 heteroatoms. The van der Waals surface area contributed by atoms with E-state index in [4.69, 9.17) is 20.9 Å². The van der Waals surface area contributed by atoms with Crippen molar-refractivity contribution in [3.63, 3.8) is 0 Å². The molecule has 0 saturated heterocycles. The maximum Gasteiger partial charge on any atom is 0.275 e. The lowest BCUT2D eigenvalue weighted by Gasteiger charge is -2.08. The fourth-order valence-electron chi connectivity index (χ4n) is 2.45. The molecule has 0 spiro atoms. The zero-order valence-electron chi connectivity index (χ0n) is 13.2. The van der Waals surface area contributed by atoms with Gasteiger partial charge in [0.25, 0.3) is 5.91 Å². The Bertz CT molecular complexity index is 852. The van der Waals surface area contributed by atoms with Gasteiger partial charge in [-0.2, -0.15) is 4.99 Å². The first-order chi connectivity index (χ1) is 11.5. The Balaban J connectivity index is 2.00. The van der Waals surface area contributed by atoms with Gasteiger partial charge in [-0.05, 0) is 41.8 Å². The molecule has 122 valence electrons. The molecule has 0 unspecified atom stereocenters. The highest BCUT2D eigenvalue weighted by atomic mass is 16.7. The summed E-state index contributed by atoms with van der Waals surface area (Å²) in [6.45, 7) is 1.90. The smallest absolute Gasteiger partial charge is 0.275 e. The molecule has 0 saturated carbocycles. The molecule has 3 rings (SSSR count). The van der Waals surface area contributed by atoms with Crippen molar-refractivity contribution in [2.45, 2.75) is 6.92 Å². The van der Waals surface area contributed by atoms with Crippen LogP contribution in [0.4, 0.5) is 0 Å². The van der Waals surface area contributed by atoms with Gasteiger partial charge < -0.3 is 20.9 Å². The molecule has 1 aliphatic rings. The number of amides is 1. The van der Waals surface area contributed by atoms with Crippen molar-refractivity contribution in [1.82, 2.24) is 0 Å². The van der Waals surface area contributed by atoms with Crippen LogP contribution in [0.2, 0.25) is 0 Å². The maximum absolute atomic E-state index is 11.9. The molecule has 0 bridgehead atoms. The lowest BCUT2D eigenvalue weighted by atomic mass is 9.98. The van der Waals surface area contributed by atoms with Gasteiger partial charge in [-0.25, -0.2) is 0 Å². The molecule has 0 aromatic heterocycles. The van der Waals surface area contributed by atoms with Gasteiger partial charge in [0.1, 0.15) is 0 Å². The number of rotatable bonds is 3. The van der Waals surface area contributed by atoms with Gasteiger partial charge in [-0.1, -0.05) is 30.3 Å². The van der Waals surface area contributed by atoms with Crippen LogP contribution in [-0.4, -0.2) is 18.7 Å². The van der Waals surface area contributed by atoms with E-state index < -0.39 is 5.91 Å². The Morgan fingerprint density at radius 2 is 1.88 bits per heavy atom. The highest BCUT2D eigenvalue weighted by Crippen LogP contribution is 2.37. The molecule has 24 heavy (non-hydrogen) atoms. The molecular formula is C18H17N3O3. The quantitative estimate of drug-likeness (QED) is 0.513. The number of hydrogen-bond acceptors (Lipinski definition) is 3. The van der Waals surface area contributed by atoms with Crippen LogP contribution in [0.5, 0.6) is 11.5 Å². The van der Waals surface area contributed by atoms with Gasteiger partial charge in [0.2, 0.25) is 6.79 Å². The molecule has 0 fully saturated rings. The minimum atomic E-state index is -0.463. The van der Waals surface area contributed by atoms with Crippen LogP contribution in [0, 0.1) is 0 Å². The molecule has 2 aromatic rings. The fourth-order valence-corrected chi connectivity index (χ4v) is 2.45. The van der Waals surface area contributed by atoms with E-state index in [2.05, 4.69) is 4.99 Å². The molecule has 0 aliphatic carbocycles. The number of ether oxygens (including phenoxy) is 2. The number of carbonyl (C=O) groups excluding carboxylic acids is 1. The highest BCUT2D eigenvalue weighted by molar-refractivity contribution is 6.04. The summed E-state index contributed by atoms with van der Waals surface area (Å²) in [5, 5.41) is 0. The molecule has 6 nitrogen and oxygen atoms in total. The molecule has 1 aliphatic heterocycles. The lowest BCUT2D eigenvalue weighted by Crippen LogP contribution is -2.24. The van der Waals surface area contributed by atoms with Crippen molar-refractivity contribution in [3.8, 4) is 22.6 Å². The van der Waals surface area contributed by atoms with Crippen molar-refractivity contribution in [3.05, 3.63) is 53.6 Å². The molecule has 0 atom stereocenters. The Morgan fingerprint density at radius 3 is 2.67 bits per heavy atom. The summed E-state index contributed by atoms with van der Waals surface area (Å²) in [7, 11) is 0. The van der Waals surface area contributed by atoms with E-state index in [0.717, 1.165) is 22.4 Å². The number of fused-ring (bicyclic) bond motifs is 1. The van der Waals surface area contributed by atoms with Gasteiger partial charge in [-0.3, -0.25) is 4.79 Å². The van der Waals surface area contributed by atoms with E-state index in [0.29, 0.717) is 11.3 Å². The summed E-state index contributed by atoms with van der Waals surface area (Å²) < 4.78 is 10.8. The van der Waals surface area contributed by atoms with Crippen molar-refractivity contribution < 1.29 is 14.3 Å². The first-order valence-electron chi connectivity index (χ1n) is 7.36. The minimum Gasteiger partial charge on any atom is -0.454 e. The molecule has 0 radical (unpaired) electrons. The van der Waals surface area contributed by atoms with Gasteiger partial charge >= 0.3 is 0 Å². The van der Waals surface area contributed by atoms with Crippen LogP contribution in [0.1, 0.15) is 12.5 Å². The third kappa shape index (κ3) is 3.22. The Hall–Kier alpha value is -3.28. The van der Waals surface area contributed by atoms with E-state index >= 15 is 0 Å². The van der Waals surface area contributed by atoms with Crippen molar-refractivity contribution in [2.24, 2.45) is 16.5 Å². The van der Waals surface area contributed by atoms with Crippen LogP contribution >= 0.6 is 0 Å². The minimum absolute atomic E-state index is 0.229. The van der Waals surface area contributed by atoms with Crippen LogP contribution in [0.15, 0.2) is 53.0 Å². The van der Waals surface area contributed by atoms with Crippen molar-refractivity contribution in [1.29, 1.82) is 0 Å². The third-order valence-corrected chi connectivity index (χ3v) is 3.58. The predicted octanol–water partition coefficient (Wildman–Crippen LogP) is 2.29. The number of nitrogens with two attached hydrogens (primary N) is 2. The summed E-state index contributed by atoms with van der Waals surface area (Å²) in [6, 6.07) is 13.5. The second-order valence-electron chi connectivity index (χ2n) is 5.32. The molecule has 1 amide bonds. The Morgan fingerprint density at radius 1 is 1.12 bits per heavy atom. The second kappa shape index (κ2) is 6.45. The monoisotopic (exact) mass is 323 g/mol. The highest BCUT2D eigenvalue weighted by Gasteiger charge is 2.15. The summed E-state index contributed by atoms with van der Waals surface area (Å²) in [5.41, 5.74) is 13.8. The first-order valence-corrected chi connectivity index (χ1v) is 7.36. The number of benzene rings is 2. The summed E-state index contributed by atoms with van der Waals surface area (Å²) in [4.78, 5) is 15.5. The Labute approximate surface area is 139 Å². The maximum atomic E-state index is 11.9. The fraction of sp³-hybridized carbons (Fsp3) is 0.111. The summed E-state index contributed by atoms with van der Waals surface area (Å²) in [5.74, 6) is 0.720. The molecule has 2 aromatic carbocycles. The average molecular weight is 323 g/mol. The van der Waals surface area contributed by atoms with Gasteiger partial charge in [0.15, 0.2) is 17.5 Å². The van der Waals surface area contributed by atoms with Gasteiger partial charge in [-0.15, -0.1) is 0 Å². The van der Waals surface area contributed by atoms with E-state index in [-0.39, 0.29) is 12.8 Å². The molecule has 1 heterocycles. The third-order valence-electron chi connectivity index (χ3n) is 3.58. The SMILES string of the molecule is CC(=Cc1ccccc1-c1ccc2c(c1)OCO2)C(=O)N=C(N)N. The van der Waals surface area contributed by atoms with Crippen LogP contribution in [0.25, 0.3) is 17.2 Å². The number of hydrogen-bond donors (Lipinski definition) is 2. The normalized spacial score (nSPS) is 12.8. The van der Waals surface area contributed by atoms with Crippen LogP contribution < -0.4 is 20.9 Å². The van der Waals surface area contributed by atoms with E-state index in [1.165, 1.54) is 0 Å². The van der Waals surface area contributed by atoms with Crippen molar-refractivity contribution in [2.75, 3.05) is 6.79 Å². The number of carbonyl (C=O) groups is 1. The van der Waals surface area contributed by atoms with Gasteiger partial charge in [0.05, 0.1) is 0 Å². The predicted molar refractivity (Wildman–Crippen MR) is 92.5 cm³/mol. The largest absolute Gasteiger partial charge is 0.454 e. The molecule has 4 N–H and O–H groups in total. The number of aliphatic imine (C=N–C) groups is 1. The zero-order chi connectivity index (χ0) is 17.1. The molecular weight excluding hydrogens is 306 g/mol. The van der Waals surface area contributed by atoms with Crippen LogP contribution in [0.3, 0.4) is 0 Å². The number of guanidine groups is 1. The van der Waals surface area contributed by atoms with E-state index in [1.54, 1.807) is 13.0 Å². The van der Waals surface area contributed by atoms with E-state index in [1.807, 2.05) is 42.5 Å². The van der Waals surface area contributed by atoms with E-state index in [9.17, 15) is 4.79 Å². The van der Waals surface area contributed by atoms with Gasteiger partial charge in [0, 0.05) is 5.57 Å². The first kappa shape index (κ1) is 15.6. The summed E-state index contributed by atoms with van der Waals surface area (Å²) in [6.07, 6.45) is 1.76. The average Bonchev–Trinajstić information content (AvgIpc) is 3.02. The number of nitrogens with zero attached hydrogens (tertiary/aromatic N) is 1. The standard InChI is InChI=1S/C18H17N3O3/c1-11(17(22)21-18(19)20)8-12-4-2-3-5-14(12)13-6-7-15-16(9-13)24-10-23-15/h2-9H,10H2,1H3,(H4,19,20,21,22). The van der Waals surface area contributed by atoms with Crippen LogP contribution in [-0.2, 0) is 4.79 Å². The zero-order valence-corrected chi connectivity index (χ0v) is 13.2.